The van der Waals surface area contributed by atoms with Crippen LogP contribution in [0.4, 0.5) is 5.69 Å². The van der Waals surface area contributed by atoms with E-state index in [0.717, 1.165) is 29.7 Å². The molecule has 0 aromatic heterocycles. The van der Waals surface area contributed by atoms with Crippen molar-refractivity contribution in [1.82, 2.24) is 0 Å². The largest absolute Gasteiger partial charge is 0.465 e. The first-order valence-corrected chi connectivity index (χ1v) is 10.3. The topological polar surface area (TPSA) is 65.8 Å². The van der Waals surface area contributed by atoms with E-state index in [1.54, 1.807) is 12.4 Å². The number of ether oxygens (including phenoxy) is 1. The van der Waals surface area contributed by atoms with Crippen LogP contribution in [0, 0.1) is 17.2 Å². The fraction of sp³-hybridized carbons (Fsp3) is 0.292. The maximum Gasteiger partial charge on any atom is 0.338 e. The zero-order chi connectivity index (χ0) is 21.7. The van der Waals surface area contributed by atoms with E-state index >= 15 is 0 Å². The van der Waals surface area contributed by atoms with E-state index in [4.69, 9.17) is 21.7 Å². The summed E-state index contributed by atoms with van der Waals surface area (Å²) in [5.74, 6) is 0.506. The number of halogens is 1. The van der Waals surface area contributed by atoms with E-state index in [1.807, 2.05) is 67.4 Å². The maximum atomic E-state index is 12.1. The summed E-state index contributed by atoms with van der Waals surface area (Å²) in [6.45, 7) is 1.84. The summed E-state index contributed by atoms with van der Waals surface area (Å²) in [7, 11) is 3.26. The SMILES string of the molecule is C/C=C(/C(=O)OC)c1ccccc1CC1CC1C(=N)N=CN(C)c1ccccc1Cl. The minimum atomic E-state index is -0.336. The summed E-state index contributed by atoms with van der Waals surface area (Å²) >= 11 is 6.21. The van der Waals surface area contributed by atoms with Crippen LogP contribution >= 0.6 is 11.6 Å². The van der Waals surface area contributed by atoms with E-state index in [0.29, 0.717) is 22.3 Å². The van der Waals surface area contributed by atoms with Gasteiger partial charge >= 0.3 is 5.97 Å². The van der Waals surface area contributed by atoms with Crippen molar-refractivity contribution in [1.29, 1.82) is 5.41 Å². The quantitative estimate of drug-likeness (QED) is 0.287. The molecule has 0 bridgehead atoms. The molecule has 0 spiro atoms. The highest BCUT2D eigenvalue weighted by Gasteiger charge is 2.40. The third-order valence-electron chi connectivity index (χ3n) is 5.36. The summed E-state index contributed by atoms with van der Waals surface area (Å²) in [6.07, 6.45) is 5.14. The minimum Gasteiger partial charge on any atom is -0.465 e. The van der Waals surface area contributed by atoms with Gasteiger partial charge in [-0.2, -0.15) is 0 Å². The second kappa shape index (κ2) is 9.72. The predicted octanol–water partition coefficient (Wildman–Crippen LogP) is 5.24. The van der Waals surface area contributed by atoms with Crippen LogP contribution in [0.15, 0.2) is 59.6 Å². The molecule has 1 fully saturated rings. The normalized spacial score (nSPS) is 18.3. The molecular weight excluding hydrogens is 398 g/mol. The lowest BCUT2D eigenvalue weighted by atomic mass is 9.95. The Balaban J connectivity index is 1.65. The number of para-hydroxylation sites is 1. The van der Waals surface area contributed by atoms with Crippen molar-refractivity contribution in [3.05, 3.63) is 70.8 Å². The number of methoxy groups -OCH3 is 1. The van der Waals surface area contributed by atoms with Gasteiger partial charge in [0.2, 0.25) is 0 Å². The van der Waals surface area contributed by atoms with Gasteiger partial charge in [0.05, 0.1) is 29.7 Å². The Kier molecular flexibility index (Phi) is 7.06. The van der Waals surface area contributed by atoms with Crippen LogP contribution in [0.1, 0.15) is 24.5 Å². The molecular formula is C24H26ClN3O2. The molecule has 1 aliphatic rings. The number of nitrogens with one attached hydrogen (secondary N) is 1. The highest BCUT2D eigenvalue weighted by atomic mass is 35.5. The van der Waals surface area contributed by atoms with Crippen LogP contribution in [-0.2, 0) is 16.0 Å². The molecule has 0 aliphatic heterocycles. The molecule has 6 heteroatoms. The Morgan fingerprint density at radius 1 is 1.27 bits per heavy atom. The van der Waals surface area contributed by atoms with Crippen molar-refractivity contribution >= 4 is 41.0 Å². The predicted molar refractivity (Wildman–Crippen MR) is 123 cm³/mol. The van der Waals surface area contributed by atoms with Gasteiger partial charge in [0, 0.05) is 13.0 Å². The van der Waals surface area contributed by atoms with Crippen LogP contribution < -0.4 is 4.90 Å². The Hall–Kier alpha value is -2.92. The molecule has 1 aliphatic carbocycles. The smallest absolute Gasteiger partial charge is 0.338 e. The first kappa shape index (κ1) is 21.8. The molecule has 5 nitrogen and oxygen atoms in total. The van der Waals surface area contributed by atoms with Crippen molar-refractivity contribution in [2.24, 2.45) is 16.8 Å². The average molecular weight is 424 g/mol. The number of aliphatic imine (C=N–C) groups is 1. The Bertz CT molecular complexity index is 999. The first-order valence-electron chi connectivity index (χ1n) is 9.89. The number of amidine groups is 1. The van der Waals surface area contributed by atoms with Crippen molar-refractivity contribution in [2.45, 2.75) is 19.8 Å². The number of carbonyl (C=O) groups excluding carboxylic acids is 1. The zero-order valence-corrected chi connectivity index (χ0v) is 18.2. The van der Waals surface area contributed by atoms with Crippen LogP contribution in [0.5, 0.6) is 0 Å². The van der Waals surface area contributed by atoms with E-state index in [-0.39, 0.29) is 11.9 Å². The molecule has 2 atom stereocenters. The van der Waals surface area contributed by atoms with Crippen LogP contribution in [0.3, 0.4) is 0 Å². The standard InChI is InChI=1S/C24H26ClN3O2/c1-4-18(24(29)30-3)19-10-6-5-9-16(19)13-17-14-20(17)23(26)27-15-28(2)22-12-8-7-11-21(22)25/h4-12,15,17,20,26H,13-14H2,1-3H3/b18-4+,26-23?,27-15?. The van der Waals surface area contributed by atoms with Gasteiger partial charge in [0.25, 0.3) is 0 Å². The number of rotatable bonds is 7. The van der Waals surface area contributed by atoms with Crippen molar-refractivity contribution < 1.29 is 9.53 Å². The molecule has 1 N–H and O–H groups in total. The average Bonchev–Trinajstić information content (AvgIpc) is 3.53. The third-order valence-corrected chi connectivity index (χ3v) is 5.68. The molecule has 0 heterocycles. The van der Waals surface area contributed by atoms with Crippen LogP contribution in [-0.4, -0.2) is 32.3 Å². The van der Waals surface area contributed by atoms with E-state index in [1.165, 1.54) is 7.11 Å². The highest BCUT2D eigenvalue weighted by Crippen LogP contribution is 2.43. The number of hydrogen-bond acceptors (Lipinski definition) is 3. The van der Waals surface area contributed by atoms with Crippen molar-refractivity contribution in [3.63, 3.8) is 0 Å². The summed E-state index contributed by atoms with van der Waals surface area (Å²) in [5, 5.41) is 8.98. The fourth-order valence-electron chi connectivity index (χ4n) is 3.59. The Morgan fingerprint density at radius 3 is 2.67 bits per heavy atom. The highest BCUT2D eigenvalue weighted by molar-refractivity contribution is 6.33. The lowest BCUT2D eigenvalue weighted by Gasteiger charge is -2.14. The number of anilines is 1. The number of allylic oxidation sites excluding steroid dienone is 1. The van der Waals surface area contributed by atoms with E-state index in [2.05, 4.69) is 4.99 Å². The van der Waals surface area contributed by atoms with Gasteiger partial charge in [-0.25, -0.2) is 9.79 Å². The van der Waals surface area contributed by atoms with E-state index < -0.39 is 0 Å². The maximum absolute atomic E-state index is 12.1. The molecule has 0 radical (unpaired) electrons. The Morgan fingerprint density at radius 2 is 1.97 bits per heavy atom. The second-order valence-electron chi connectivity index (χ2n) is 7.35. The van der Waals surface area contributed by atoms with Gasteiger partial charge in [-0.15, -0.1) is 0 Å². The third kappa shape index (κ3) is 4.97. The Labute approximate surface area is 182 Å². The molecule has 0 saturated heterocycles. The van der Waals surface area contributed by atoms with Crippen LogP contribution in [0.25, 0.3) is 5.57 Å². The lowest BCUT2D eigenvalue weighted by Crippen LogP contribution is -2.16. The molecule has 2 aromatic rings. The summed E-state index contributed by atoms with van der Waals surface area (Å²) in [5.41, 5.74) is 3.40. The molecule has 2 unspecified atom stereocenters. The summed E-state index contributed by atoms with van der Waals surface area (Å²) in [6, 6.07) is 15.4. The monoisotopic (exact) mass is 423 g/mol. The molecule has 156 valence electrons. The molecule has 0 amide bonds. The van der Waals surface area contributed by atoms with Crippen molar-refractivity contribution in [3.8, 4) is 0 Å². The minimum absolute atomic E-state index is 0.126. The number of benzene rings is 2. The number of hydrogen-bond donors (Lipinski definition) is 1. The first-order chi connectivity index (χ1) is 14.5. The number of esters is 1. The second-order valence-corrected chi connectivity index (χ2v) is 7.76. The summed E-state index contributed by atoms with van der Waals surface area (Å²) < 4.78 is 4.92. The fourth-order valence-corrected chi connectivity index (χ4v) is 3.86. The molecule has 1 saturated carbocycles. The zero-order valence-electron chi connectivity index (χ0n) is 17.4. The van der Waals surface area contributed by atoms with Gasteiger partial charge < -0.3 is 9.64 Å². The molecule has 30 heavy (non-hydrogen) atoms. The van der Waals surface area contributed by atoms with E-state index in [9.17, 15) is 4.79 Å². The van der Waals surface area contributed by atoms with Gasteiger partial charge in [0.1, 0.15) is 5.84 Å². The number of carbonyl (C=O) groups is 1. The van der Waals surface area contributed by atoms with Gasteiger partial charge in [-0.1, -0.05) is 54.1 Å². The van der Waals surface area contributed by atoms with Crippen LogP contribution in [0.2, 0.25) is 5.02 Å². The number of nitrogens with zero attached hydrogens (tertiary/aromatic N) is 2. The summed E-state index contributed by atoms with van der Waals surface area (Å²) in [4.78, 5) is 18.3. The van der Waals surface area contributed by atoms with Crippen molar-refractivity contribution in [2.75, 3.05) is 19.1 Å². The molecule has 3 rings (SSSR count). The molecule has 2 aromatic carbocycles. The van der Waals surface area contributed by atoms with Gasteiger partial charge in [0.15, 0.2) is 0 Å². The lowest BCUT2D eigenvalue weighted by molar-refractivity contribution is -0.133. The van der Waals surface area contributed by atoms with Gasteiger partial charge in [-0.3, -0.25) is 5.41 Å². The van der Waals surface area contributed by atoms with Gasteiger partial charge in [-0.05, 0) is 48.9 Å².